The van der Waals surface area contributed by atoms with Crippen molar-refractivity contribution in [1.82, 2.24) is 0 Å². The molecule has 3 aromatic rings. The molecule has 0 aromatic heterocycles. The molecule has 0 amide bonds. The fraction of sp³-hybridized carbons (Fsp3) is 0. The van der Waals surface area contributed by atoms with Crippen LogP contribution in [0.1, 0.15) is 16.7 Å². The number of hydrogen-bond acceptors (Lipinski definition) is 9. The third-order valence-electron chi connectivity index (χ3n) is 3.31. The van der Waals surface area contributed by atoms with Crippen LogP contribution in [-0.4, -0.2) is 27.9 Å². The largest absolute Gasteiger partial charge is 3.00 e. The van der Waals surface area contributed by atoms with Crippen LogP contribution < -0.4 is 0 Å². The second kappa shape index (κ2) is 15.3. The van der Waals surface area contributed by atoms with Crippen molar-refractivity contribution < 1.29 is 32.4 Å². The van der Waals surface area contributed by atoms with E-state index in [-0.39, 0.29) is 34.3 Å². The summed E-state index contributed by atoms with van der Waals surface area (Å²) >= 11 is 28.4. The zero-order valence-electron chi connectivity index (χ0n) is 15.6. The van der Waals surface area contributed by atoms with Crippen LogP contribution in [-0.2, 0) is 55.0 Å². The molecule has 161 valence electrons. The van der Waals surface area contributed by atoms with Crippen molar-refractivity contribution in [3.63, 3.8) is 0 Å². The van der Waals surface area contributed by atoms with Gasteiger partial charge in [0.15, 0.2) is 0 Å². The predicted octanol–water partition coefficient (Wildman–Crippen LogP) is 4.84. The summed E-state index contributed by atoms with van der Waals surface area (Å²) in [4.78, 5) is 0. The van der Waals surface area contributed by atoms with Crippen molar-refractivity contribution in [3.05, 3.63) is 89.5 Å². The van der Waals surface area contributed by atoms with Gasteiger partial charge in [-0.25, -0.2) is 0 Å². The van der Waals surface area contributed by atoms with Crippen LogP contribution >= 0.6 is 36.7 Å². The smallest absolute Gasteiger partial charge is 0.508 e. The van der Waals surface area contributed by atoms with Gasteiger partial charge < -0.3 is 89.9 Å². The standard InChI is InChI=1S/3C7H6OS2.Fe/c3*8-6-3-1-5(2-4-6)7(9)10;/h3*1-4,8H,(H,9,10);/q;;;+3/p-3. The van der Waals surface area contributed by atoms with Gasteiger partial charge in [0.25, 0.3) is 0 Å². The molecule has 0 saturated heterocycles. The fourth-order valence-corrected chi connectivity index (χ4v) is 2.61. The molecule has 10 heteroatoms. The first kappa shape index (κ1) is 29.5. The minimum absolute atomic E-state index is 0. The Bertz CT molecular complexity index is 859. The third kappa shape index (κ3) is 12.2. The first-order valence-corrected chi connectivity index (χ1v) is 10.6. The number of aromatic hydroxyl groups is 3. The van der Waals surface area contributed by atoms with Gasteiger partial charge >= 0.3 is 17.1 Å². The van der Waals surface area contributed by atoms with E-state index in [2.05, 4.69) is 0 Å². The Morgan fingerprint density at radius 3 is 0.742 bits per heavy atom. The molecule has 3 N–H and O–H groups in total. The summed E-state index contributed by atoms with van der Waals surface area (Å²) in [7, 11) is 0. The van der Waals surface area contributed by atoms with Gasteiger partial charge in [0.2, 0.25) is 0 Å². The maximum atomic E-state index is 8.86. The van der Waals surface area contributed by atoms with Gasteiger partial charge in [-0.1, -0.05) is 36.4 Å². The van der Waals surface area contributed by atoms with Crippen molar-refractivity contribution in [2.24, 2.45) is 0 Å². The normalized spacial score (nSPS) is 8.90. The third-order valence-corrected chi connectivity index (χ3v) is 4.72. The van der Waals surface area contributed by atoms with E-state index in [1.54, 1.807) is 72.8 Å². The quantitative estimate of drug-likeness (QED) is 0.236. The van der Waals surface area contributed by atoms with Gasteiger partial charge in [-0.2, -0.15) is 0 Å². The minimum atomic E-state index is 0. The molecule has 0 bridgehead atoms. The van der Waals surface area contributed by atoms with E-state index in [4.69, 9.17) is 89.9 Å². The second-order valence-electron chi connectivity index (χ2n) is 5.50. The Kier molecular flexibility index (Phi) is 14.6. The minimum Gasteiger partial charge on any atom is -0.508 e. The number of phenols is 3. The van der Waals surface area contributed by atoms with Crippen molar-refractivity contribution in [3.8, 4) is 17.2 Å². The molecule has 0 heterocycles. The average molecular weight is 564 g/mol. The number of benzene rings is 3. The summed E-state index contributed by atoms with van der Waals surface area (Å²) in [6.07, 6.45) is 0. The SMILES string of the molecule is Oc1ccc(C(=S)[S-])cc1.Oc1ccc(C(=S)[S-])cc1.Oc1ccc(C(=S)[S-])cc1.[Fe+3]. The summed E-state index contributed by atoms with van der Waals surface area (Å²) in [6, 6.07) is 19.6. The molecule has 0 saturated carbocycles. The fourth-order valence-electron chi connectivity index (χ4n) is 1.79. The van der Waals surface area contributed by atoms with Crippen LogP contribution in [0.4, 0.5) is 0 Å². The maximum Gasteiger partial charge on any atom is 3.00 e. The molecule has 0 unspecified atom stereocenters. The van der Waals surface area contributed by atoms with Crippen LogP contribution in [0.5, 0.6) is 17.2 Å². The second-order valence-corrected chi connectivity index (χ2v) is 8.73. The predicted molar refractivity (Wildman–Crippen MR) is 142 cm³/mol. The summed E-state index contributed by atoms with van der Waals surface area (Å²) in [5.41, 5.74) is 2.42. The van der Waals surface area contributed by atoms with Crippen LogP contribution in [0.3, 0.4) is 0 Å². The molecule has 3 nitrogen and oxygen atoms in total. The first-order valence-electron chi connectivity index (χ1n) is 8.11. The van der Waals surface area contributed by atoms with E-state index < -0.39 is 0 Å². The molecule has 1 radical (unpaired) electrons. The summed E-state index contributed by atoms with van der Waals surface area (Å²) < 4.78 is 1.29. The van der Waals surface area contributed by atoms with E-state index >= 15 is 0 Å². The van der Waals surface area contributed by atoms with Crippen molar-refractivity contribution in [2.75, 3.05) is 0 Å². The molecule has 0 atom stereocenters. The van der Waals surface area contributed by atoms with E-state index in [1.165, 1.54) is 0 Å². The molecule has 3 rings (SSSR count). The molecule has 0 aliphatic heterocycles. The zero-order chi connectivity index (χ0) is 22.7. The Morgan fingerprint density at radius 2 is 0.613 bits per heavy atom. The van der Waals surface area contributed by atoms with Gasteiger partial charge in [-0.3, -0.25) is 0 Å². The van der Waals surface area contributed by atoms with Crippen LogP contribution in [0, 0.1) is 0 Å². The van der Waals surface area contributed by atoms with Crippen LogP contribution in [0.25, 0.3) is 0 Å². The Balaban J connectivity index is 0.000000429. The van der Waals surface area contributed by atoms with Gasteiger partial charge in [-0.15, -0.1) is 12.6 Å². The molecule has 0 spiro atoms. The van der Waals surface area contributed by atoms with Gasteiger partial charge in [0, 0.05) is 0 Å². The van der Waals surface area contributed by atoms with E-state index in [0.717, 1.165) is 16.7 Å². The number of hydrogen-bond donors (Lipinski definition) is 3. The molecule has 0 fully saturated rings. The first-order chi connectivity index (χ1) is 14.1. The molecule has 0 aliphatic rings. The number of rotatable bonds is 3. The summed E-state index contributed by atoms with van der Waals surface area (Å²) in [6.45, 7) is 0. The summed E-state index contributed by atoms with van der Waals surface area (Å²) in [5, 5.41) is 26.6. The zero-order valence-corrected chi connectivity index (χ0v) is 21.6. The van der Waals surface area contributed by atoms with Crippen molar-refractivity contribution in [1.29, 1.82) is 0 Å². The van der Waals surface area contributed by atoms with E-state index in [9.17, 15) is 0 Å². The van der Waals surface area contributed by atoms with Gasteiger partial charge in [0.1, 0.15) is 17.2 Å². The van der Waals surface area contributed by atoms with Crippen LogP contribution in [0.2, 0.25) is 0 Å². The van der Waals surface area contributed by atoms with E-state index in [1.807, 2.05) is 0 Å². The number of thiocarbonyl (C=S) groups is 3. The number of phenolic OH excluding ortho intramolecular Hbond substituents is 3. The molecule has 31 heavy (non-hydrogen) atoms. The molecule has 0 aliphatic carbocycles. The van der Waals surface area contributed by atoms with Gasteiger partial charge in [-0.05, 0) is 53.1 Å². The Labute approximate surface area is 224 Å². The monoisotopic (exact) mass is 563 g/mol. The topological polar surface area (TPSA) is 60.7 Å². The van der Waals surface area contributed by atoms with Crippen molar-refractivity contribution >= 4 is 87.1 Å². The summed E-state index contributed by atoms with van der Waals surface area (Å²) in [5.74, 6) is 0.694. The van der Waals surface area contributed by atoms with Crippen LogP contribution in [0.15, 0.2) is 72.8 Å². The Morgan fingerprint density at radius 1 is 0.452 bits per heavy atom. The molecule has 3 aromatic carbocycles. The molecular formula is C21H15FeO3S6. The Hall–Kier alpha value is -1.49. The average Bonchev–Trinajstić information content (AvgIpc) is 2.70. The van der Waals surface area contributed by atoms with E-state index in [0.29, 0.717) is 12.6 Å². The van der Waals surface area contributed by atoms with Gasteiger partial charge in [0.05, 0.1) is 0 Å². The van der Waals surface area contributed by atoms with Crippen molar-refractivity contribution in [2.45, 2.75) is 0 Å². The maximum absolute atomic E-state index is 8.86. The molecular weight excluding hydrogens is 548 g/mol.